The van der Waals surface area contributed by atoms with Crippen molar-refractivity contribution in [3.05, 3.63) is 44.7 Å². The van der Waals surface area contributed by atoms with E-state index < -0.39 is 4.92 Å². The normalized spacial score (nSPS) is 10.6. The van der Waals surface area contributed by atoms with Crippen LogP contribution >= 0.6 is 24.0 Å². The average molecular weight is 297 g/mol. The molecule has 100 valence electrons. The van der Waals surface area contributed by atoms with Crippen LogP contribution in [0.2, 0.25) is 0 Å². The molecule has 2 N–H and O–H groups in total. The molecule has 1 aromatic heterocycles. The van der Waals surface area contributed by atoms with E-state index in [1.165, 1.54) is 28.6 Å². The highest BCUT2D eigenvalue weighted by Crippen LogP contribution is 2.14. The van der Waals surface area contributed by atoms with Gasteiger partial charge in [-0.2, -0.15) is 0 Å². The molecule has 1 heterocycles. The van der Waals surface area contributed by atoms with Gasteiger partial charge in [-0.25, -0.2) is 9.36 Å². The summed E-state index contributed by atoms with van der Waals surface area (Å²) in [7, 11) is 0. The van der Waals surface area contributed by atoms with E-state index in [0.717, 1.165) is 5.56 Å². The van der Waals surface area contributed by atoms with Crippen molar-refractivity contribution in [3.8, 4) is 0 Å². The summed E-state index contributed by atoms with van der Waals surface area (Å²) in [6.07, 6.45) is 1.86. The van der Waals surface area contributed by atoms with Gasteiger partial charge < -0.3 is 5.84 Å². The predicted molar refractivity (Wildman–Crippen MR) is 75.2 cm³/mol. The Kier molecular flexibility index (Phi) is 3.86. The number of rotatable bonds is 4. The van der Waals surface area contributed by atoms with Crippen LogP contribution < -0.4 is 5.84 Å². The number of nitro groups is 1. The van der Waals surface area contributed by atoms with Gasteiger partial charge in [-0.3, -0.25) is 10.1 Å². The Morgan fingerprint density at radius 1 is 1.47 bits per heavy atom. The Morgan fingerprint density at radius 2 is 2.11 bits per heavy atom. The fourth-order valence-corrected chi connectivity index (χ4v) is 2.25. The molecule has 0 saturated carbocycles. The molecule has 1 aromatic carbocycles. The predicted octanol–water partition coefficient (Wildman–Crippen LogP) is 1.81. The molecule has 0 aliphatic carbocycles. The molecule has 19 heavy (non-hydrogen) atoms. The number of nitro benzene ring substituents is 1. The lowest BCUT2D eigenvalue weighted by Gasteiger charge is -2.00. The third-order valence-corrected chi connectivity index (χ3v) is 3.55. The third kappa shape index (κ3) is 2.76. The van der Waals surface area contributed by atoms with Crippen molar-refractivity contribution in [2.75, 3.05) is 12.1 Å². The molecule has 2 aromatic rings. The Hall–Kier alpha value is -1.87. The second-order valence-electron chi connectivity index (χ2n) is 3.72. The van der Waals surface area contributed by atoms with Crippen molar-refractivity contribution in [1.82, 2.24) is 14.5 Å². The van der Waals surface area contributed by atoms with Gasteiger partial charge >= 0.3 is 0 Å². The van der Waals surface area contributed by atoms with Crippen LogP contribution in [0.15, 0.2) is 29.4 Å². The van der Waals surface area contributed by atoms with Crippen LogP contribution in [0.1, 0.15) is 5.56 Å². The molecule has 0 saturated heterocycles. The molecule has 0 atom stereocenters. The molecule has 0 bridgehead atoms. The van der Waals surface area contributed by atoms with E-state index in [9.17, 15) is 10.1 Å². The van der Waals surface area contributed by atoms with Crippen molar-refractivity contribution in [2.24, 2.45) is 0 Å². The number of non-ortho nitro benzene ring substituents is 1. The van der Waals surface area contributed by atoms with Crippen LogP contribution in [-0.4, -0.2) is 25.6 Å². The Balaban J connectivity index is 2.26. The largest absolute Gasteiger partial charge is 0.335 e. The number of thioether (sulfide) groups is 1. The minimum Gasteiger partial charge on any atom is -0.335 e. The van der Waals surface area contributed by atoms with Gasteiger partial charge in [0.25, 0.3) is 5.69 Å². The summed E-state index contributed by atoms with van der Waals surface area (Å²) in [6.45, 7) is 0.425. The average Bonchev–Trinajstić information content (AvgIpc) is 2.67. The second-order valence-corrected chi connectivity index (χ2v) is 4.86. The van der Waals surface area contributed by atoms with Gasteiger partial charge in [0.15, 0.2) is 0 Å². The van der Waals surface area contributed by atoms with Gasteiger partial charge in [-0.05, 0) is 24.0 Å². The van der Waals surface area contributed by atoms with E-state index in [0.29, 0.717) is 16.5 Å². The summed E-state index contributed by atoms with van der Waals surface area (Å²) in [5.41, 5.74) is 0.925. The monoisotopic (exact) mass is 297 g/mol. The van der Waals surface area contributed by atoms with Gasteiger partial charge in [0, 0.05) is 12.1 Å². The van der Waals surface area contributed by atoms with E-state index >= 15 is 0 Å². The lowest BCUT2D eigenvalue weighted by molar-refractivity contribution is -0.384. The number of hydrogen-bond donors (Lipinski definition) is 1. The molecular weight excluding hydrogens is 286 g/mol. The Bertz CT molecular complexity index is 662. The molecule has 0 unspecified atom stereocenters. The molecule has 0 fully saturated rings. The van der Waals surface area contributed by atoms with Crippen molar-refractivity contribution in [3.63, 3.8) is 0 Å². The fraction of sp³-hybridized carbons (Fsp3) is 0.200. The maximum Gasteiger partial charge on any atom is 0.269 e. The van der Waals surface area contributed by atoms with Crippen molar-refractivity contribution in [2.45, 2.75) is 11.7 Å². The standard InChI is InChI=1S/C10H11N5O2S2/c1-19-9-12-13(10(18)14(9)11)6-7-2-4-8(5-3-7)15(16)17/h2-5H,6,11H2,1H3. The van der Waals surface area contributed by atoms with Crippen molar-refractivity contribution < 1.29 is 4.92 Å². The molecule has 0 spiro atoms. The van der Waals surface area contributed by atoms with Crippen LogP contribution in [0.25, 0.3) is 0 Å². The molecule has 0 radical (unpaired) electrons. The molecule has 9 heteroatoms. The minimum atomic E-state index is -0.435. The van der Waals surface area contributed by atoms with Crippen LogP contribution in [0.5, 0.6) is 0 Å². The van der Waals surface area contributed by atoms with E-state index in [2.05, 4.69) is 5.10 Å². The molecule has 0 aliphatic heterocycles. The smallest absolute Gasteiger partial charge is 0.269 e. The fourth-order valence-electron chi connectivity index (χ4n) is 1.54. The minimum absolute atomic E-state index is 0.0569. The summed E-state index contributed by atoms with van der Waals surface area (Å²) >= 11 is 6.56. The maximum absolute atomic E-state index is 10.6. The van der Waals surface area contributed by atoms with Gasteiger partial charge in [-0.15, -0.1) is 5.10 Å². The zero-order valence-electron chi connectivity index (χ0n) is 10.0. The number of nitrogen functional groups attached to an aromatic ring is 1. The van der Waals surface area contributed by atoms with Gasteiger partial charge in [0.05, 0.1) is 11.5 Å². The van der Waals surface area contributed by atoms with E-state index in [-0.39, 0.29) is 5.69 Å². The Morgan fingerprint density at radius 3 is 2.58 bits per heavy atom. The van der Waals surface area contributed by atoms with Crippen molar-refractivity contribution in [1.29, 1.82) is 0 Å². The number of benzene rings is 1. The summed E-state index contributed by atoms with van der Waals surface area (Å²) in [5.74, 6) is 5.75. The zero-order valence-corrected chi connectivity index (χ0v) is 11.6. The maximum atomic E-state index is 10.6. The van der Waals surface area contributed by atoms with Gasteiger partial charge in [0.2, 0.25) is 9.93 Å². The topological polar surface area (TPSA) is 91.9 Å². The van der Waals surface area contributed by atoms with Crippen LogP contribution in [0.3, 0.4) is 0 Å². The third-order valence-electron chi connectivity index (χ3n) is 2.50. The summed E-state index contributed by atoms with van der Waals surface area (Å²) in [5, 5.41) is 15.4. The van der Waals surface area contributed by atoms with E-state index in [1.54, 1.807) is 16.8 Å². The number of nitrogens with zero attached hydrogens (tertiary/aromatic N) is 4. The first-order valence-corrected chi connectivity index (χ1v) is 6.88. The molecule has 7 nitrogen and oxygen atoms in total. The number of nitrogens with two attached hydrogens (primary N) is 1. The highest BCUT2D eigenvalue weighted by molar-refractivity contribution is 7.98. The van der Waals surface area contributed by atoms with Crippen LogP contribution in [-0.2, 0) is 6.54 Å². The lowest BCUT2D eigenvalue weighted by atomic mass is 10.2. The second kappa shape index (κ2) is 5.41. The number of hydrogen-bond acceptors (Lipinski definition) is 6. The molecular formula is C10H11N5O2S2. The first kappa shape index (κ1) is 13.6. The van der Waals surface area contributed by atoms with Gasteiger partial charge in [-0.1, -0.05) is 23.9 Å². The first-order valence-electron chi connectivity index (χ1n) is 5.25. The highest BCUT2D eigenvalue weighted by atomic mass is 32.2. The van der Waals surface area contributed by atoms with Crippen LogP contribution in [0, 0.1) is 14.9 Å². The van der Waals surface area contributed by atoms with Crippen LogP contribution in [0.4, 0.5) is 5.69 Å². The highest BCUT2D eigenvalue weighted by Gasteiger charge is 2.09. The summed E-state index contributed by atoms with van der Waals surface area (Å²) < 4.78 is 3.33. The van der Waals surface area contributed by atoms with E-state index in [1.807, 2.05) is 6.26 Å². The molecule has 2 rings (SSSR count). The molecule has 0 aliphatic rings. The van der Waals surface area contributed by atoms with Gasteiger partial charge in [0.1, 0.15) is 0 Å². The summed E-state index contributed by atoms with van der Waals surface area (Å²) in [4.78, 5) is 10.1. The molecule has 0 amide bonds. The quantitative estimate of drug-likeness (QED) is 0.304. The Labute approximate surface area is 118 Å². The van der Waals surface area contributed by atoms with E-state index in [4.69, 9.17) is 18.1 Å². The zero-order chi connectivity index (χ0) is 14.0. The SMILES string of the molecule is CSc1nn(Cc2ccc([N+](=O)[O-])cc2)c(=S)n1N. The first-order chi connectivity index (χ1) is 9.02. The van der Waals surface area contributed by atoms with Crippen molar-refractivity contribution >= 4 is 29.7 Å². The number of aromatic nitrogens is 3. The summed E-state index contributed by atoms with van der Waals surface area (Å²) in [6, 6.07) is 6.25. The lowest BCUT2D eigenvalue weighted by Crippen LogP contribution is -2.10.